The van der Waals surface area contributed by atoms with Gasteiger partial charge in [0.25, 0.3) is 0 Å². The van der Waals surface area contributed by atoms with Crippen molar-refractivity contribution in [3.63, 3.8) is 0 Å². The quantitative estimate of drug-likeness (QED) is 0.602. The maximum absolute atomic E-state index is 6.98. The van der Waals surface area contributed by atoms with Gasteiger partial charge in [-0.15, -0.1) is 0 Å². The van der Waals surface area contributed by atoms with Crippen molar-refractivity contribution in [3.05, 3.63) is 77.7 Å². The average Bonchev–Trinajstić information content (AvgIpc) is 3.03. The monoisotopic (exact) mass is 322 g/mol. The van der Waals surface area contributed by atoms with Crippen LogP contribution in [0.2, 0.25) is 0 Å². The molecule has 24 heavy (non-hydrogen) atoms. The largest absolute Gasteiger partial charge is 0.441 e. The molecule has 3 nitrogen and oxygen atoms in total. The van der Waals surface area contributed by atoms with Gasteiger partial charge in [0.2, 0.25) is 0 Å². The Hall–Kier alpha value is -2.68. The first-order chi connectivity index (χ1) is 11.7. The van der Waals surface area contributed by atoms with Crippen molar-refractivity contribution in [3.8, 4) is 0 Å². The van der Waals surface area contributed by atoms with E-state index in [1.54, 1.807) is 0 Å². The Morgan fingerprint density at radius 1 is 1.04 bits per heavy atom. The number of benzene rings is 2. The van der Waals surface area contributed by atoms with Crippen molar-refractivity contribution in [1.29, 1.82) is 5.41 Å². The second kappa shape index (κ2) is 10.9. The Morgan fingerprint density at radius 3 is 2.29 bits per heavy atom. The van der Waals surface area contributed by atoms with Crippen molar-refractivity contribution in [2.45, 2.75) is 34.1 Å². The second-order valence-corrected chi connectivity index (χ2v) is 4.98. The number of nitrogens with zero attached hydrogens (tertiary/aromatic N) is 1. The molecule has 0 bridgehead atoms. The summed E-state index contributed by atoms with van der Waals surface area (Å²) < 4.78 is 5.26. The fourth-order valence-electron chi connectivity index (χ4n) is 1.94. The summed E-state index contributed by atoms with van der Waals surface area (Å²) in [5.41, 5.74) is 4.09. The van der Waals surface area contributed by atoms with Crippen LogP contribution in [0.15, 0.2) is 70.7 Å². The van der Waals surface area contributed by atoms with E-state index >= 15 is 0 Å². The molecule has 1 N–H and O–H groups in total. The lowest BCUT2D eigenvalue weighted by atomic mass is 10.1. The predicted molar refractivity (Wildman–Crippen MR) is 103 cm³/mol. The number of fused-ring (bicyclic) bond motifs is 1. The Bertz CT molecular complexity index is 725. The van der Waals surface area contributed by atoms with E-state index in [0.29, 0.717) is 0 Å². The maximum Gasteiger partial charge on any atom is 0.192 e. The molecule has 126 valence electrons. The van der Waals surface area contributed by atoms with E-state index < -0.39 is 0 Å². The highest BCUT2D eigenvalue weighted by Crippen LogP contribution is 2.12. The maximum atomic E-state index is 6.98. The third kappa shape index (κ3) is 6.61. The molecule has 0 amide bonds. The first kappa shape index (κ1) is 19.4. The molecule has 3 aromatic rings. The van der Waals surface area contributed by atoms with Crippen LogP contribution in [0.5, 0.6) is 0 Å². The molecule has 0 aliphatic heterocycles. The van der Waals surface area contributed by atoms with Crippen LogP contribution < -0.4 is 0 Å². The molecule has 0 fully saturated rings. The number of para-hydroxylation sites is 2. The van der Waals surface area contributed by atoms with Crippen LogP contribution >= 0.6 is 0 Å². The third-order valence-electron chi connectivity index (χ3n) is 3.13. The Kier molecular flexibility index (Phi) is 8.84. The van der Waals surface area contributed by atoms with Gasteiger partial charge in [-0.2, -0.15) is 0 Å². The van der Waals surface area contributed by atoms with Crippen LogP contribution in [0, 0.1) is 12.3 Å². The molecule has 3 rings (SSSR count). The highest BCUT2D eigenvalue weighted by molar-refractivity contribution is 5.74. The molecule has 0 spiro atoms. The van der Waals surface area contributed by atoms with Crippen molar-refractivity contribution in [1.82, 2.24) is 4.98 Å². The number of hydrogen-bond donors (Lipinski definition) is 1. The molecule has 0 aliphatic rings. The topological polar surface area (TPSA) is 49.9 Å². The lowest BCUT2D eigenvalue weighted by Crippen LogP contribution is -1.82. The van der Waals surface area contributed by atoms with Crippen LogP contribution in [0.3, 0.4) is 0 Å². The molecule has 0 saturated carbocycles. The SMILES string of the molecule is C/C(C=N)=C/Cc1ccccc1.CC.Cc1nc2ccccc2o1. The van der Waals surface area contributed by atoms with E-state index in [-0.39, 0.29) is 0 Å². The molecule has 0 aliphatic carbocycles. The summed E-state index contributed by atoms with van der Waals surface area (Å²) in [7, 11) is 0. The zero-order chi connectivity index (χ0) is 17.8. The summed E-state index contributed by atoms with van der Waals surface area (Å²) >= 11 is 0. The van der Waals surface area contributed by atoms with Crippen molar-refractivity contribution in [2.24, 2.45) is 0 Å². The number of rotatable bonds is 3. The highest BCUT2D eigenvalue weighted by Gasteiger charge is 1.97. The second-order valence-electron chi connectivity index (χ2n) is 4.98. The minimum atomic E-state index is 0.723. The molecular formula is C21H26N2O. The van der Waals surface area contributed by atoms with Gasteiger partial charge in [0.15, 0.2) is 11.5 Å². The fourth-order valence-corrected chi connectivity index (χ4v) is 1.94. The summed E-state index contributed by atoms with van der Waals surface area (Å²) in [5, 5.41) is 6.98. The lowest BCUT2D eigenvalue weighted by Gasteiger charge is -1.94. The zero-order valence-electron chi connectivity index (χ0n) is 14.9. The first-order valence-electron chi connectivity index (χ1n) is 8.22. The number of aryl methyl sites for hydroxylation is 1. The first-order valence-corrected chi connectivity index (χ1v) is 8.22. The normalized spacial score (nSPS) is 10.2. The van der Waals surface area contributed by atoms with Crippen LogP contribution in [-0.2, 0) is 6.42 Å². The van der Waals surface area contributed by atoms with E-state index in [1.807, 2.05) is 70.2 Å². The van der Waals surface area contributed by atoms with E-state index in [0.717, 1.165) is 29.0 Å². The summed E-state index contributed by atoms with van der Waals surface area (Å²) in [6.45, 7) is 7.79. The van der Waals surface area contributed by atoms with Gasteiger partial charge >= 0.3 is 0 Å². The van der Waals surface area contributed by atoms with Crippen LogP contribution in [-0.4, -0.2) is 11.2 Å². The lowest BCUT2D eigenvalue weighted by molar-refractivity contribution is 0.561. The highest BCUT2D eigenvalue weighted by atomic mass is 16.3. The average molecular weight is 322 g/mol. The fraction of sp³-hybridized carbons (Fsp3) is 0.238. The third-order valence-corrected chi connectivity index (χ3v) is 3.13. The standard InChI is InChI=1S/C11H13N.C8H7NO.C2H6/c1-10(9-12)7-8-11-5-3-2-4-6-11;1-6-9-7-4-2-3-5-8(7)10-6;1-2/h2-7,9,12H,8H2,1H3;2-5H,1H3;1-2H3/b10-7-,12-9?;;. The minimum Gasteiger partial charge on any atom is -0.441 e. The molecule has 3 heteroatoms. The molecule has 0 atom stereocenters. The molecule has 2 aromatic carbocycles. The summed E-state index contributed by atoms with van der Waals surface area (Å²) in [6.07, 6.45) is 4.35. The smallest absolute Gasteiger partial charge is 0.192 e. The van der Waals surface area contributed by atoms with Gasteiger partial charge in [0, 0.05) is 13.1 Å². The molecule has 0 unspecified atom stereocenters. The minimum absolute atomic E-state index is 0.723. The number of allylic oxidation sites excluding steroid dienone is 2. The molecule has 1 heterocycles. The molecule has 1 aromatic heterocycles. The molecule has 0 radical (unpaired) electrons. The van der Waals surface area contributed by atoms with Gasteiger partial charge in [0.05, 0.1) is 0 Å². The van der Waals surface area contributed by atoms with Gasteiger partial charge < -0.3 is 9.83 Å². The van der Waals surface area contributed by atoms with Gasteiger partial charge in [-0.1, -0.05) is 62.4 Å². The van der Waals surface area contributed by atoms with E-state index in [2.05, 4.69) is 23.2 Å². The van der Waals surface area contributed by atoms with Gasteiger partial charge in [-0.05, 0) is 36.6 Å². The number of aromatic nitrogens is 1. The predicted octanol–water partition coefficient (Wildman–Crippen LogP) is 5.99. The zero-order valence-corrected chi connectivity index (χ0v) is 14.9. The van der Waals surface area contributed by atoms with Crippen molar-refractivity contribution >= 4 is 17.3 Å². The summed E-state index contributed by atoms with van der Waals surface area (Å²) in [6, 6.07) is 18.0. The summed E-state index contributed by atoms with van der Waals surface area (Å²) in [5.74, 6) is 0.723. The number of oxazole rings is 1. The Labute approximate surface area is 144 Å². The number of nitrogens with one attached hydrogen (secondary N) is 1. The van der Waals surface area contributed by atoms with Crippen LogP contribution in [0.4, 0.5) is 0 Å². The Balaban J connectivity index is 0.000000220. The van der Waals surface area contributed by atoms with Crippen LogP contribution in [0.25, 0.3) is 11.1 Å². The summed E-state index contributed by atoms with van der Waals surface area (Å²) in [4.78, 5) is 4.15. The van der Waals surface area contributed by atoms with E-state index in [1.165, 1.54) is 11.8 Å². The van der Waals surface area contributed by atoms with Gasteiger partial charge in [-0.3, -0.25) is 0 Å². The molecular weight excluding hydrogens is 296 g/mol. The van der Waals surface area contributed by atoms with Crippen LogP contribution in [0.1, 0.15) is 32.2 Å². The van der Waals surface area contributed by atoms with Gasteiger partial charge in [0.1, 0.15) is 5.52 Å². The molecule has 0 saturated heterocycles. The Morgan fingerprint density at radius 2 is 1.67 bits per heavy atom. The van der Waals surface area contributed by atoms with E-state index in [9.17, 15) is 0 Å². The van der Waals surface area contributed by atoms with E-state index in [4.69, 9.17) is 9.83 Å². The number of hydrogen-bond acceptors (Lipinski definition) is 3. The van der Waals surface area contributed by atoms with Crippen molar-refractivity contribution in [2.75, 3.05) is 0 Å². The van der Waals surface area contributed by atoms with Gasteiger partial charge in [-0.25, -0.2) is 4.98 Å². The van der Waals surface area contributed by atoms with Crippen molar-refractivity contribution < 1.29 is 4.42 Å².